The van der Waals surface area contributed by atoms with Gasteiger partial charge in [0, 0.05) is 34.6 Å². The van der Waals surface area contributed by atoms with Gasteiger partial charge in [0.05, 0.1) is 11.4 Å². The van der Waals surface area contributed by atoms with Crippen molar-refractivity contribution in [1.82, 2.24) is 15.0 Å². The Bertz CT molecular complexity index is 3550. The van der Waals surface area contributed by atoms with Gasteiger partial charge in [0.1, 0.15) is 0 Å². The molecule has 58 heavy (non-hydrogen) atoms. The molecule has 0 amide bonds. The van der Waals surface area contributed by atoms with Gasteiger partial charge in [-0.3, -0.25) is 4.98 Å². The van der Waals surface area contributed by atoms with Gasteiger partial charge in [-0.15, -0.1) is 0 Å². The van der Waals surface area contributed by atoms with E-state index in [1.807, 2.05) is 30.5 Å². The average molecular weight is 736 g/mol. The molecule has 0 N–H and O–H groups in total. The number of pyridine rings is 1. The van der Waals surface area contributed by atoms with Crippen LogP contribution in [-0.2, 0) is 0 Å². The molecule has 0 saturated heterocycles. The standard InChI is InChI=1S/C55H33N3/c1-2-10-37(11-3-1)55-57-49(40-17-4-15-38(28-40)43-19-9-27-56-33-43)32-50(58-55)41-18-5-16-39(29-41)44-30-42-26-25-36-13-7-21-46-45-20-6-12-34-23-24-35-14-8-22-47(53(35)51(34)45)48(31-44)54(42)52(36)46/h1-33H. The highest BCUT2D eigenvalue weighted by molar-refractivity contribution is 6.37. The Morgan fingerprint density at radius 3 is 1.34 bits per heavy atom. The maximum Gasteiger partial charge on any atom is 0.160 e. The molecule has 0 aliphatic carbocycles. The lowest BCUT2D eigenvalue weighted by Gasteiger charge is -2.17. The molecule has 0 aliphatic heterocycles. The molecule has 0 aliphatic rings. The van der Waals surface area contributed by atoms with E-state index in [0.717, 1.165) is 44.8 Å². The first-order chi connectivity index (χ1) is 28.7. The summed E-state index contributed by atoms with van der Waals surface area (Å²) in [6.07, 6.45) is 3.70. The molecule has 0 unspecified atom stereocenters. The van der Waals surface area contributed by atoms with Crippen LogP contribution in [-0.4, -0.2) is 15.0 Å². The van der Waals surface area contributed by atoms with Gasteiger partial charge in [0.25, 0.3) is 0 Å². The lowest BCUT2D eigenvalue weighted by Crippen LogP contribution is -1.96. The van der Waals surface area contributed by atoms with Crippen LogP contribution in [0.4, 0.5) is 0 Å². The molecule has 2 aromatic heterocycles. The molecule has 2 heterocycles. The van der Waals surface area contributed by atoms with Crippen LogP contribution >= 0.6 is 0 Å². The van der Waals surface area contributed by atoms with Gasteiger partial charge in [-0.2, -0.15) is 0 Å². The van der Waals surface area contributed by atoms with Crippen molar-refractivity contribution in [2.45, 2.75) is 0 Å². The normalized spacial score (nSPS) is 11.8. The molecule has 0 atom stereocenters. The largest absolute Gasteiger partial charge is 0.264 e. The Hall–Kier alpha value is -7.75. The Morgan fingerprint density at radius 2 is 0.759 bits per heavy atom. The highest BCUT2D eigenvalue weighted by atomic mass is 14.9. The molecule has 3 nitrogen and oxygen atoms in total. The number of hydrogen-bond acceptors (Lipinski definition) is 3. The number of benzene rings is 9. The predicted molar refractivity (Wildman–Crippen MR) is 243 cm³/mol. The van der Waals surface area contributed by atoms with Crippen molar-refractivity contribution in [2.24, 2.45) is 0 Å². The monoisotopic (exact) mass is 735 g/mol. The minimum absolute atomic E-state index is 0.693. The van der Waals surface area contributed by atoms with Crippen LogP contribution in [0.1, 0.15) is 0 Å². The molecule has 0 bridgehead atoms. The zero-order valence-electron chi connectivity index (χ0n) is 31.4. The maximum atomic E-state index is 5.21. The van der Waals surface area contributed by atoms with Gasteiger partial charge in [0.2, 0.25) is 0 Å². The number of aromatic nitrogens is 3. The third kappa shape index (κ3) is 5.18. The van der Waals surface area contributed by atoms with E-state index < -0.39 is 0 Å². The minimum Gasteiger partial charge on any atom is -0.264 e. The Labute approximate surface area is 334 Å². The molecule has 0 radical (unpaired) electrons. The second kappa shape index (κ2) is 12.9. The van der Waals surface area contributed by atoms with E-state index in [4.69, 9.17) is 9.97 Å². The van der Waals surface area contributed by atoms with Gasteiger partial charge < -0.3 is 0 Å². The van der Waals surface area contributed by atoms with Crippen LogP contribution < -0.4 is 0 Å². The Kier molecular flexibility index (Phi) is 7.23. The predicted octanol–water partition coefficient (Wildman–Crippen LogP) is 14.6. The Morgan fingerprint density at radius 1 is 0.276 bits per heavy atom. The van der Waals surface area contributed by atoms with E-state index in [2.05, 4.69) is 169 Å². The quantitative estimate of drug-likeness (QED) is 0.165. The molecule has 0 spiro atoms. The lowest BCUT2D eigenvalue weighted by molar-refractivity contribution is 1.18. The summed E-state index contributed by atoms with van der Waals surface area (Å²) in [4.78, 5) is 14.7. The van der Waals surface area contributed by atoms with Crippen LogP contribution in [0.2, 0.25) is 0 Å². The summed E-state index contributed by atoms with van der Waals surface area (Å²) in [5.74, 6) is 0.693. The fourth-order valence-corrected chi connectivity index (χ4v) is 9.16. The van der Waals surface area contributed by atoms with Crippen molar-refractivity contribution in [2.75, 3.05) is 0 Å². The van der Waals surface area contributed by atoms with E-state index in [0.29, 0.717) is 5.82 Å². The van der Waals surface area contributed by atoms with E-state index >= 15 is 0 Å². The van der Waals surface area contributed by atoms with Crippen molar-refractivity contribution in [3.8, 4) is 56.2 Å². The van der Waals surface area contributed by atoms with Gasteiger partial charge >= 0.3 is 0 Å². The average Bonchev–Trinajstić information content (AvgIpc) is 3.30. The SMILES string of the molecule is c1ccc(-c2nc(-c3cccc(-c4cccnc4)c3)cc(-c3cccc(-c4cc5ccc6cccc7c8cccc9ccc%10cccc(c(c4)c5c67)c%10c98)c3)n2)cc1. The summed E-state index contributed by atoms with van der Waals surface area (Å²) < 4.78 is 0. The van der Waals surface area contributed by atoms with Crippen molar-refractivity contribution < 1.29 is 0 Å². The third-order valence-electron chi connectivity index (χ3n) is 11.8. The molecule has 12 aromatic rings. The second-order valence-electron chi connectivity index (χ2n) is 15.2. The van der Waals surface area contributed by atoms with Crippen molar-refractivity contribution in [3.05, 3.63) is 200 Å². The summed E-state index contributed by atoms with van der Waals surface area (Å²) in [5, 5.41) is 15.3. The lowest BCUT2D eigenvalue weighted by atomic mass is 9.86. The summed E-state index contributed by atoms with van der Waals surface area (Å²) in [7, 11) is 0. The second-order valence-corrected chi connectivity index (χ2v) is 15.2. The van der Waals surface area contributed by atoms with E-state index in [-0.39, 0.29) is 0 Å². The van der Waals surface area contributed by atoms with Crippen LogP contribution in [0.15, 0.2) is 200 Å². The highest BCUT2D eigenvalue weighted by Crippen LogP contribution is 2.44. The van der Waals surface area contributed by atoms with Crippen LogP contribution in [0.25, 0.3) is 121 Å². The molecular weight excluding hydrogens is 703 g/mol. The zero-order valence-corrected chi connectivity index (χ0v) is 31.4. The van der Waals surface area contributed by atoms with Gasteiger partial charge in [-0.25, -0.2) is 9.97 Å². The van der Waals surface area contributed by atoms with Crippen LogP contribution in [0.5, 0.6) is 0 Å². The summed E-state index contributed by atoms with van der Waals surface area (Å²) >= 11 is 0. The molecule has 10 aromatic carbocycles. The topological polar surface area (TPSA) is 38.7 Å². The van der Waals surface area contributed by atoms with Gasteiger partial charge in [0.15, 0.2) is 5.82 Å². The molecular formula is C55H33N3. The van der Waals surface area contributed by atoms with E-state index in [1.165, 1.54) is 70.2 Å². The van der Waals surface area contributed by atoms with Crippen LogP contribution in [0, 0.1) is 0 Å². The van der Waals surface area contributed by atoms with E-state index in [1.54, 1.807) is 6.20 Å². The number of fused-ring (bicyclic) bond motifs is 2. The number of nitrogens with zero attached hydrogens (tertiary/aromatic N) is 3. The fraction of sp³-hybridized carbons (Fsp3) is 0. The summed E-state index contributed by atoms with van der Waals surface area (Å²) in [6.45, 7) is 0. The molecule has 12 rings (SSSR count). The van der Waals surface area contributed by atoms with E-state index in [9.17, 15) is 0 Å². The highest BCUT2D eigenvalue weighted by Gasteiger charge is 2.17. The minimum atomic E-state index is 0.693. The first-order valence-corrected chi connectivity index (χ1v) is 19.7. The molecule has 0 saturated carbocycles. The number of hydrogen-bond donors (Lipinski definition) is 0. The third-order valence-corrected chi connectivity index (χ3v) is 11.8. The fourth-order valence-electron chi connectivity index (χ4n) is 9.16. The molecule has 3 heteroatoms. The van der Waals surface area contributed by atoms with Crippen molar-refractivity contribution in [3.63, 3.8) is 0 Å². The Balaban J connectivity index is 1.09. The van der Waals surface area contributed by atoms with Crippen molar-refractivity contribution >= 4 is 64.6 Å². The van der Waals surface area contributed by atoms with Gasteiger partial charge in [-0.1, -0.05) is 152 Å². The van der Waals surface area contributed by atoms with Crippen molar-refractivity contribution in [1.29, 1.82) is 0 Å². The maximum absolute atomic E-state index is 5.21. The summed E-state index contributed by atoms with van der Waals surface area (Å²) in [5.41, 5.74) is 9.24. The zero-order chi connectivity index (χ0) is 38.2. The van der Waals surface area contributed by atoms with Gasteiger partial charge in [-0.05, 0) is 118 Å². The molecule has 268 valence electrons. The first-order valence-electron chi connectivity index (χ1n) is 19.7. The number of rotatable bonds is 5. The molecule has 0 fully saturated rings. The smallest absolute Gasteiger partial charge is 0.160 e. The summed E-state index contributed by atoms with van der Waals surface area (Å²) in [6, 6.07) is 68.0. The van der Waals surface area contributed by atoms with Crippen LogP contribution in [0.3, 0.4) is 0 Å². The first kappa shape index (κ1) is 32.5.